The number of thioether (sulfide) groups is 1. The highest BCUT2D eigenvalue weighted by Gasteiger charge is 1.99. The maximum Gasteiger partial charge on any atom is 0.330 e. The number of benzene rings is 1. The number of carbonyl (C=O) groups is 1. The number of aryl methyl sites for hydroxylation is 1. The second kappa shape index (κ2) is 7.01. The van der Waals surface area contributed by atoms with Gasteiger partial charge < -0.3 is 10.5 Å². The molecule has 0 radical (unpaired) electrons. The van der Waals surface area contributed by atoms with Crippen LogP contribution in [0, 0.1) is 6.92 Å². The molecule has 17 heavy (non-hydrogen) atoms. The Morgan fingerprint density at radius 2 is 2.29 bits per heavy atom. The molecule has 0 bridgehead atoms. The highest BCUT2D eigenvalue weighted by molar-refractivity contribution is 7.99. The molecule has 0 atom stereocenters. The number of esters is 1. The van der Waals surface area contributed by atoms with Crippen LogP contribution in [-0.2, 0) is 9.53 Å². The number of rotatable bonds is 5. The molecule has 0 aliphatic heterocycles. The monoisotopic (exact) mass is 251 g/mol. The molecule has 0 amide bonds. The molecule has 92 valence electrons. The van der Waals surface area contributed by atoms with Crippen LogP contribution in [0.15, 0.2) is 35.2 Å². The molecule has 1 aromatic carbocycles. The minimum Gasteiger partial charge on any atom is -0.463 e. The number of ether oxygens (including phenoxy) is 1. The van der Waals surface area contributed by atoms with E-state index in [1.807, 2.05) is 25.1 Å². The number of nitrogens with two attached hydrogens (primary N) is 1. The maximum atomic E-state index is 11.0. The van der Waals surface area contributed by atoms with Crippen LogP contribution in [0.2, 0.25) is 0 Å². The molecule has 1 aromatic rings. The third kappa shape index (κ3) is 4.95. The third-order valence-electron chi connectivity index (χ3n) is 2.04. The lowest BCUT2D eigenvalue weighted by Gasteiger charge is -2.04. The van der Waals surface area contributed by atoms with Gasteiger partial charge in [0, 0.05) is 22.4 Å². The van der Waals surface area contributed by atoms with Crippen molar-refractivity contribution >= 4 is 23.4 Å². The number of nitrogen functional groups attached to an aromatic ring is 1. The second-order valence-corrected chi connectivity index (χ2v) is 4.57. The molecule has 4 heteroatoms. The molecule has 0 fully saturated rings. The first-order chi connectivity index (χ1) is 8.13. The Balaban J connectivity index is 2.43. The molecular formula is C13H17NO2S. The van der Waals surface area contributed by atoms with Crippen LogP contribution >= 0.6 is 11.8 Å². The molecule has 0 saturated carbocycles. The van der Waals surface area contributed by atoms with E-state index >= 15 is 0 Å². The zero-order chi connectivity index (χ0) is 12.7. The van der Waals surface area contributed by atoms with E-state index in [-0.39, 0.29) is 5.97 Å². The van der Waals surface area contributed by atoms with Crippen molar-refractivity contribution in [3.05, 3.63) is 35.9 Å². The van der Waals surface area contributed by atoms with Gasteiger partial charge in [-0.1, -0.05) is 12.1 Å². The summed E-state index contributed by atoms with van der Waals surface area (Å²) in [7, 11) is 0. The Bertz CT molecular complexity index is 416. The number of hydrogen-bond donors (Lipinski definition) is 1. The van der Waals surface area contributed by atoms with E-state index in [1.165, 1.54) is 6.08 Å². The van der Waals surface area contributed by atoms with Gasteiger partial charge in [-0.05, 0) is 31.5 Å². The van der Waals surface area contributed by atoms with Crippen LogP contribution in [0.5, 0.6) is 0 Å². The van der Waals surface area contributed by atoms with Crippen molar-refractivity contribution in [2.75, 3.05) is 18.1 Å². The number of anilines is 1. The van der Waals surface area contributed by atoms with Crippen LogP contribution in [0.3, 0.4) is 0 Å². The molecule has 0 spiro atoms. The van der Waals surface area contributed by atoms with Crippen LogP contribution in [0.1, 0.15) is 12.5 Å². The Hall–Kier alpha value is -1.42. The fraction of sp³-hybridized carbons (Fsp3) is 0.308. The van der Waals surface area contributed by atoms with E-state index in [9.17, 15) is 4.79 Å². The summed E-state index contributed by atoms with van der Waals surface area (Å²) in [6.07, 6.45) is 3.23. The van der Waals surface area contributed by atoms with Crippen molar-refractivity contribution in [3.63, 3.8) is 0 Å². The lowest BCUT2D eigenvalue weighted by atomic mass is 10.2. The summed E-state index contributed by atoms with van der Waals surface area (Å²) in [5.74, 6) is 0.400. The first-order valence-electron chi connectivity index (χ1n) is 5.45. The molecular weight excluding hydrogens is 234 g/mol. The fourth-order valence-corrected chi connectivity index (χ4v) is 2.03. The minimum atomic E-state index is -0.301. The summed E-state index contributed by atoms with van der Waals surface area (Å²) in [5.41, 5.74) is 7.80. The highest BCUT2D eigenvalue weighted by atomic mass is 32.2. The van der Waals surface area contributed by atoms with E-state index < -0.39 is 0 Å². The van der Waals surface area contributed by atoms with Crippen molar-refractivity contribution in [2.24, 2.45) is 0 Å². The van der Waals surface area contributed by atoms with Gasteiger partial charge in [-0.3, -0.25) is 0 Å². The van der Waals surface area contributed by atoms with E-state index in [1.54, 1.807) is 24.8 Å². The third-order valence-corrected chi connectivity index (χ3v) is 3.08. The molecule has 1 rings (SSSR count). The second-order valence-electron chi connectivity index (χ2n) is 3.51. The average Bonchev–Trinajstić information content (AvgIpc) is 2.27. The van der Waals surface area contributed by atoms with Crippen molar-refractivity contribution in [3.8, 4) is 0 Å². The van der Waals surface area contributed by atoms with Gasteiger partial charge in [0.2, 0.25) is 0 Å². The Morgan fingerprint density at radius 3 is 2.94 bits per heavy atom. The van der Waals surface area contributed by atoms with Gasteiger partial charge in [0.15, 0.2) is 0 Å². The van der Waals surface area contributed by atoms with Crippen LogP contribution in [0.25, 0.3) is 0 Å². The Kier molecular flexibility index (Phi) is 5.63. The van der Waals surface area contributed by atoms with Crippen LogP contribution in [0.4, 0.5) is 5.69 Å². The molecule has 0 saturated heterocycles. The molecule has 0 heterocycles. The van der Waals surface area contributed by atoms with Gasteiger partial charge >= 0.3 is 5.97 Å². The van der Waals surface area contributed by atoms with Gasteiger partial charge in [-0.2, -0.15) is 0 Å². The Morgan fingerprint density at radius 1 is 1.53 bits per heavy atom. The van der Waals surface area contributed by atoms with E-state index in [4.69, 9.17) is 10.5 Å². The molecule has 3 nitrogen and oxygen atoms in total. The van der Waals surface area contributed by atoms with Gasteiger partial charge in [0.25, 0.3) is 0 Å². The predicted octanol–water partition coefficient (Wildman–Crippen LogP) is 2.79. The quantitative estimate of drug-likeness (QED) is 0.378. The van der Waals surface area contributed by atoms with E-state index in [0.29, 0.717) is 12.4 Å². The van der Waals surface area contributed by atoms with Crippen molar-refractivity contribution < 1.29 is 9.53 Å². The standard InChI is InChI=1S/C13H17NO2S/c1-3-16-13(15)5-4-8-17-12-7-6-10(2)9-11(12)14/h4-7,9H,3,8,14H2,1-2H3/b5-4+. The van der Waals surface area contributed by atoms with Crippen LogP contribution in [-0.4, -0.2) is 18.3 Å². The summed E-state index contributed by atoms with van der Waals surface area (Å²) < 4.78 is 4.77. The Labute approximate surface area is 106 Å². The maximum absolute atomic E-state index is 11.0. The van der Waals surface area contributed by atoms with Gasteiger partial charge in [-0.25, -0.2) is 4.79 Å². The molecule has 2 N–H and O–H groups in total. The largest absolute Gasteiger partial charge is 0.463 e. The van der Waals surface area contributed by atoms with Gasteiger partial charge in [-0.15, -0.1) is 11.8 Å². The summed E-state index contributed by atoms with van der Waals surface area (Å²) in [5, 5.41) is 0. The number of hydrogen-bond acceptors (Lipinski definition) is 4. The highest BCUT2D eigenvalue weighted by Crippen LogP contribution is 2.25. The SMILES string of the molecule is CCOC(=O)/C=C/CSc1ccc(C)cc1N. The molecule has 0 aliphatic rings. The predicted molar refractivity (Wildman–Crippen MR) is 72.1 cm³/mol. The lowest BCUT2D eigenvalue weighted by molar-refractivity contribution is -0.137. The van der Waals surface area contributed by atoms with E-state index in [2.05, 4.69) is 0 Å². The zero-order valence-electron chi connectivity index (χ0n) is 10.1. The van der Waals surface area contributed by atoms with Crippen molar-refractivity contribution in [2.45, 2.75) is 18.7 Å². The lowest BCUT2D eigenvalue weighted by Crippen LogP contribution is -1.98. The smallest absolute Gasteiger partial charge is 0.330 e. The molecule has 0 aromatic heterocycles. The minimum absolute atomic E-state index is 0.301. The normalized spacial score (nSPS) is 10.7. The number of carbonyl (C=O) groups excluding carboxylic acids is 1. The topological polar surface area (TPSA) is 52.3 Å². The van der Waals surface area contributed by atoms with Crippen LogP contribution < -0.4 is 5.73 Å². The molecule has 0 aliphatic carbocycles. The van der Waals surface area contributed by atoms with E-state index in [0.717, 1.165) is 16.1 Å². The summed E-state index contributed by atoms with van der Waals surface area (Å²) in [6, 6.07) is 5.96. The first kappa shape index (κ1) is 13.6. The van der Waals surface area contributed by atoms with Crippen molar-refractivity contribution in [1.29, 1.82) is 0 Å². The average molecular weight is 251 g/mol. The first-order valence-corrected chi connectivity index (χ1v) is 6.44. The van der Waals surface area contributed by atoms with Crippen molar-refractivity contribution in [1.82, 2.24) is 0 Å². The molecule has 0 unspecified atom stereocenters. The van der Waals surface area contributed by atoms with Gasteiger partial charge in [0.1, 0.15) is 0 Å². The zero-order valence-corrected chi connectivity index (χ0v) is 10.9. The fourth-order valence-electron chi connectivity index (χ4n) is 1.27. The summed E-state index contributed by atoms with van der Waals surface area (Å²) >= 11 is 1.60. The van der Waals surface area contributed by atoms with Gasteiger partial charge in [0.05, 0.1) is 6.61 Å². The summed E-state index contributed by atoms with van der Waals surface area (Å²) in [4.78, 5) is 12.1. The summed E-state index contributed by atoms with van der Waals surface area (Å²) in [6.45, 7) is 4.19.